The van der Waals surface area contributed by atoms with Gasteiger partial charge >= 0.3 is 0 Å². The number of nitrogens with one attached hydrogen (secondary N) is 1. The first-order chi connectivity index (χ1) is 8.29. The largest absolute Gasteiger partial charge is 0.496 e. The second-order valence-corrected chi connectivity index (χ2v) is 5.19. The fourth-order valence-electron chi connectivity index (χ4n) is 2.06. The zero-order valence-corrected chi connectivity index (χ0v) is 11.7. The lowest BCUT2D eigenvalue weighted by Gasteiger charge is -2.19. The van der Waals surface area contributed by atoms with Gasteiger partial charge < -0.3 is 10.1 Å². The van der Waals surface area contributed by atoms with E-state index in [0.717, 1.165) is 23.2 Å². The summed E-state index contributed by atoms with van der Waals surface area (Å²) in [4.78, 5) is 0. The maximum Gasteiger partial charge on any atom is 0.133 e. The highest BCUT2D eigenvalue weighted by atomic mass is 79.9. The van der Waals surface area contributed by atoms with Gasteiger partial charge in [0, 0.05) is 12.6 Å². The van der Waals surface area contributed by atoms with E-state index in [2.05, 4.69) is 45.5 Å². The van der Waals surface area contributed by atoms with Crippen LogP contribution in [0.4, 0.5) is 0 Å². The molecule has 1 aliphatic rings. The molecule has 1 aliphatic carbocycles. The third kappa shape index (κ3) is 3.58. The summed E-state index contributed by atoms with van der Waals surface area (Å²) < 4.78 is 6.23. The minimum atomic E-state index is 0.626. The first-order valence-corrected chi connectivity index (χ1v) is 6.79. The van der Waals surface area contributed by atoms with Crippen molar-refractivity contribution in [2.45, 2.75) is 31.8 Å². The molecule has 92 valence electrons. The van der Waals surface area contributed by atoms with Crippen molar-refractivity contribution in [1.29, 1.82) is 0 Å². The van der Waals surface area contributed by atoms with Crippen molar-refractivity contribution in [2.75, 3.05) is 7.11 Å². The quantitative estimate of drug-likeness (QED) is 0.856. The average Bonchev–Trinajstić information content (AvgIpc) is 2.38. The molecule has 1 N–H and O–H groups in total. The second-order valence-electron chi connectivity index (χ2n) is 4.33. The van der Waals surface area contributed by atoms with Crippen molar-refractivity contribution in [1.82, 2.24) is 5.32 Å². The molecule has 0 bridgehead atoms. The molecule has 0 saturated heterocycles. The van der Waals surface area contributed by atoms with Crippen molar-refractivity contribution in [3.05, 3.63) is 40.4 Å². The Bertz CT molecular complexity index is 403. The predicted molar refractivity (Wildman–Crippen MR) is 74.3 cm³/mol. The fraction of sp³-hybridized carbons (Fsp3) is 0.429. The zero-order chi connectivity index (χ0) is 12.1. The van der Waals surface area contributed by atoms with Gasteiger partial charge in [0.2, 0.25) is 0 Å². The highest BCUT2D eigenvalue weighted by Gasteiger charge is 2.09. The van der Waals surface area contributed by atoms with E-state index in [9.17, 15) is 0 Å². The summed E-state index contributed by atoms with van der Waals surface area (Å²) in [6.07, 6.45) is 8.13. The number of ether oxygens (including phenoxy) is 1. The molecule has 0 saturated carbocycles. The highest BCUT2D eigenvalue weighted by Crippen LogP contribution is 2.25. The van der Waals surface area contributed by atoms with Crippen molar-refractivity contribution in [3.63, 3.8) is 0 Å². The molecule has 0 heterocycles. The van der Waals surface area contributed by atoms with Crippen molar-refractivity contribution in [2.24, 2.45) is 0 Å². The lowest BCUT2D eigenvalue weighted by molar-refractivity contribution is 0.411. The summed E-state index contributed by atoms with van der Waals surface area (Å²) in [5.41, 5.74) is 1.28. The van der Waals surface area contributed by atoms with Gasteiger partial charge in [0.1, 0.15) is 5.75 Å². The summed E-state index contributed by atoms with van der Waals surface area (Å²) in [7, 11) is 1.69. The van der Waals surface area contributed by atoms with Gasteiger partial charge in [-0.05, 0) is 52.9 Å². The normalized spacial score (nSPS) is 19.3. The molecule has 2 nitrogen and oxygen atoms in total. The molecule has 0 spiro atoms. The molecule has 2 rings (SSSR count). The molecule has 0 radical (unpaired) electrons. The Morgan fingerprint density at radius 3 is 2.94 bits per heavy atom. The Labute approximate surface area is 111 Å². The van der Waals surface area contributed by atoms with Gasteiger partial charge in [-0.2, -0.15) is 0 Å². The number of halogens is 1. The fourth-order valence-corrected chi connectivity index (χ4v) is 2.65. The molecule has 17 heavy (non-hydrogen) atoms. The molecule has 1 atom stereocenters. The number of methoxy groups -OCH3 is 1. The Morgan fingerprint density at radius 1 is 1.41 bits per heavy atom. The van der Waals surface area contributed by atoms with E-state index in [1.54, 1.807) is 7.11 Å². The topological polar surface area (TPSA) is 21.3 Å². The van der Waals surface area contributed by atoms with E-state index in [-0.39, 0.29) is 0 Å². The third-order valence-corrected chi connectivity index (χ3v) is 3.70. The average molecular weight is 296 g/mol. The molecule has 1 unspecified atom stereocenters. The van der Waals surface area contributed by atoms with Crippen LogP contribution in [0.5, 0.6) is 5.75 Å². The molecule has 0 amide bonds. The first kappa shape index (κ1) is 12.7. The smallest absolute Gasteiger partial charge is 0.133 e. The minimum absolute atomic E-state index is 0.626. The number of hydrogen-bond acceptors (Lipinski definition) is 2. The summed E-state index contributed by atoms with van der Waals surface area (Å²) in [5.74, 6) is 0.884. The van der Waals surface area contributed by atoms with Crippen LogP contribution in [-0.2, 0) is 6.54 Å². The van der Waals surface area contributed by atoms with Crippen LogP contribution in [0.2, 0.25) is 0 Å². The van der Waals surface area contributed by atoms with Crippen LogP contribution in [0, 0.1) is 0 Å². The standard InChI is InChI=1S/C14H18BrNO/c1-17-14-8-7-11(9-13(14)15)10-16-12-5-3-2-4-6-12/h2-3,7-9,12,16H,4-6,10H2,1H3. The molecular formula is C14H18BrNO. The first-order valence-electron chi connectivity index (χ1n) is 6.00. The summed E-state index contributed by atoms with van der Waals surface area (Å²) >= 11 is 3.51. The summed E-state index contributed by atoms with van der Waals surface area (Å²) in [5, 5.41) is 3.59. The van der Waals surface area contributed by atoms with Crippen LogP contribution in [0.25, 0.3) is 0 Å². The van der Waals surface area contributed by atoms with E-state index in [1.165, 1.54) is 18.4 Å². The molecular weight excluding hydrogens is 278 g/mol. The van der Waals surface area contributed by atoms with Crippen molar-refractivity contribution >= 4 is 15.9 Å². The van der Waals surface area contributed by atoms with Crippen molar-refractivity contribution in [3.8, 4) is 5.75 Å². The van der Waals surface area contributed by atoms with Gasteiger partial charge in [-0.1, -0.05) is 18.2 Å². The number of rotatable bonds is 4. The van der Waals surface area contributed by atoms with Gasteiger partial charge in [0.25, 0.3) is 0 Å². The molecule has 1 aromatic rings. The van der Waals surface area contributed by atoms with E-state index >= 15 is 0 Å². The maximum atomic E-state index is 5.22. The van der Waals surface area contributed by atoms with Gasteiger partial charge in [-0.3, -0.25) is 0 Å². The lowest BCUT2D eigenvalue weighted by Crippen LogP contribution is -2.29. The number of allylic oxidation sites excluding steroid dienone is 1. The van der Waals surface area contributed by atoms with Crippen LogP contribution in [0.15, 0.2) is 34.8 Å². The second kappa shape index (κ2) is 6.22. The Morgan fingerprint density at radius 2 is 2.29 bits per heavy atom. The van der Waals surface area contributed by atoms with Gasteiger partial charge in [-0.15, -0.1) is 0 Å². The van der Waals surface area contributed by atoms with Gasteiger partial charge in [0.05, 0.1) is 11.6 Å². The summed E-state index contributed by atoms with van der Waals surface area (Å²) in [6, 6.07) is 6.85. The Balaban J connectivity index is 1.90. The van der Waals surface area contributed by atoms with Crippen LogP contribution in [0.3, 0.4) is 0 Å². The van der Waals surface area contributed by atoms with E-state index < -0.39 is 0 Å². The molecule has 1 aromatic carbocycles. The zero-order valence-electron chi connectivity index (χ0n) is 10.1. The van der Waals surface area contributed by atoms with E-state index in [1.807, 2.05) is 6.07 Å². The molecule has 0 fully saturated rings. The number of hydrogen-bond donors (Lipinski definition) is 1. The number of benzene rings is 1. The van der Waals surface area contributed by atoms with Gasteiger partial charge in [0.15, 0.2) is 0 Å². The SMILES string of the molecule is COc1ccc(CNC2CC=CCC2)cc1Br. The predicted octanol–water partition coefficient (Wildman–Crippen LogP) is 3.66. The monoisotopic (exact) mass is 295 g/mol. The van der Waals surface area contributed by atoms with E-state index in [0.29, 0.717) is 6.04 Å². The van der Waals surface area contributed by atoms with Crippen LogP contribution < -0.4 is 10.1 Å². The lowest BCUT2D eigenvalue weighted by atomic mass is 10.0. The molecule has 3 heteroatoms. The Kier molecular flexibility index (Phi) is 4.63. The Hall–Kier alpha value is -0.800. The van der Waals surface area contributed by atoms with Gasteiger partial charge in [-0.25, -0.2) is 0 Å². The maximum absolute atomic E-state index is 5.22. The minimum Gasteiger partial charge on any atom is -0.496 e. The van der Waals surface area contributed by atoms with E-state index in [4.69, 9.17) is 4.74 Å². The van der Waals surface area contributed by atoms with Crippen LogP contribution in [-0.4, -0.2) is 13.2 Å². The van der Waals surface area contributed by atoms with Crippen LogP contribution in [0.1, 0.15) is 24.8 Å². The molecule has 0 aromatic heterocycles. The summed E-state index contributed by atoms with van der Waals surface area (Å²) in [6.45, 7) is 0.918. The highest BCUT2D eigenvalue weighted by molar-refractivity contribution is 9.10. The van der Waals surface area contributed by atoms with Crippen molar-refractivity contribution < 1.29 is 4.74 Å². The molecule has 0 aliphatic heterocycles. The third-order valence-electron chi connectivity index (χ3n) is 3.08. The van der Waals surface area contributed by atoms with Crippen LogP contribution >= 0.6 is 15.9 Å².